The van der Waals surface area contributed by atoms with E-state index in [9.17, 15) is 0 Å². The summed E-state index contributed by atoms with van der Waals surface area (Å²) in [5.41, 5.74) is 16.7. The van der Waals surface area contributed by atoms with Crippen LogP contribution in [-0.4, -0.2) is 43.8 Å². The van der Waals surface area contributed by atoms with Crippen molar-refractivity contribution in [2.24, 2.45) is 20.0 Å². The Hall–Kier alpha value is -8.28. The highest BCUT2D eigenvalue weighted by Crippen LogP contribution is 2.41. The molecule has 72 heavy (non-hydrogen) atoms. The summed E-state index contributed by atoms with van der Waals surface area (Å²) in [5, 5.41) is 4.76. The molecule has 0 radical (unpaired) electrons. The van der Waals surface area contributed by atoms with E-state index in [2.05, 4.69) is 191 Å². The highest BCUT2D eigenvalue weighted by Gasteiger charge is 2.21. The second kappa shape index (κ2) is 18.8. The quantitative estimate of drug-likeness (QED) is 0.0819. The molecule has 348 valence electrons. The zero-order valence-electron chi connectivity index (χ0n) is 40.6. The predicted octanol–water partition coefficient (Wildman–Crippen LogP) is 16.0. The SMILES string of the molecule is CC(C)=NC(C)=NCc1ccc2c(c1)c1cc(C3=NC(C)=NC(C)=I3)ccc1n2-c1ccc(-c2cc(-c3ccccc3)nc(-c3ccccc3)n2)cc1-c1cccc(-n2c3ccccc3c3ccccc32)c1. The van der Waals surface area contributed by atoms with Crippen molar-refractivity contribution < 1.29 is 0 Å². The van der Waals surface area contributed by atoms with E-state index >= 15 is 0 Å². The maximum atomic E-state index is 5.31. The first-order valence-electron chi connectivity index (χ1n) is 24.2. The number of hydrogen-bond donors (Lipinski definition) is 0. The molecule has 1 aliphatic rings. The van der Waals surface area contributed by atoms with Gasteiger partial charge in [-0.25, -0.2) is 24.9 Å². The van der Waals surface area contributed by atoms with Gasteiger partial charge in [-0.3, -0.25) is 4.99 Å². The number of benzene rings is 8. The van der Waals surface area contributed by atoms with Gasteiger partial charge in [0.1, 0.15) is 15.4 Å². The Morgan fingerprint density at radius 3 is 1.81 bits per heavy atom. The smallest absolute Gasteiger partial charge is 0.160 e. The molecule has 11 aromatic rings. The number of aliphatic imine (C=N–C) groups is 4. The van der Waals surface area contributed by atoms with Gasteiger partial charge in [0.05, 0.1) is 49.3 Å². The van der Waals surface area contributed by atoms with Crippen molar-refractivity contribution in [3.8, 4) is 56.4 Å². The molecule has 0 saturated heterocycles. The van der Waals surface area contributed by atoms with E-state index in [1.807, 2.05) is 52.0 Å². The van der Waals surface area contributed by atoms with E-state index in [1.165, 1.54) is 14.4 Å². The molecule has 12 rings (SSSR count). The van der Waals surface area contributed by atoms with Crippen LogP contribution >= 0.6 is 20.7 Å². The number of para-hydroxylation sites is 2. The number of rotatable bonds is 9. The molecule has 0 spiro atoms. The average molecular weight is 1050 g/mol. The van der Waals surface area contributed by atoms with Crippen LogP contribution in [0.15, 0.2) is 214 Å². The van der Waals surface area contributed by atoms with Crippen LogP contribution in [0.5, 0.6) is 0 Å². The monoisotopic (exact) mass is 1040 g/mol. The number of hydrogen-bond acceptors (Lipinski definition) is 5. The molecule has 0 saturated carbocycles. The van der Waals surface area contributed by atoms with Gasteiger partial charge in [0, 0.05) is 60.8 Å². The van der Waals surface area contributed by atoms with Crippen LogP contribution in [0.3, 0.4) is 0 Å². The largest absolute Gasteiger partial charge is 0.309 e. The van der Waals surface area contributed by atoms with Crippen LogP contribution in [0, 0.1) is 0 Å². The number of nitrogens with zero attached hydrogens (tertiary/aromatic N) is 8. The molecule has 8 nitrogen and oxygen atoms in total. The number of fused-ring (bicyclic) bond motifs is 6. The fourth-order valence-electron chi connectivity index (χ4n) is 10.0. The highest BCUT2D eigenvalue weighted by atomic mass is 127. The Balaban J connectivity index is 1.11. The second-order valence-electron chi connectivity index (χ2n) is 18.3. The molecule has 0 bridgehead atoms. The fourth-order valence-corrected chi connectivity index (χ4v) is 12.3. The minimum atomic E-state index is -0.496. The van der Waals surface area contributed by atoms with Crippen LogP contribution < -0.4 is 0 Å². The zero-order valence-corrected chi connectivity index (χ0v) is 42.8. The first kappa shape index (κ1) is 44.9. The summed E-state index contributed by atoms with van der Waals surface area (Å²) in [6.45, 7) is 10.6. The normalized spacial score (nSPS) is 13.0. The Morgan fingerprint density at radius 2 is 1.10 bits per heavy atom. The molecule has 8 aromatic carbocycles. The van der Waals surface area contributed by atoms with E-state index in [1.54, 1.807) is 0 Å². The molecule has 0 atom stereocenters. The first-order valence-corrected chi connectivity index (χ1v) is 26.3. The summed E-state index contributed by atoms with van der Waals surface area (Å²) in [5.74, 6) is 2.25. The van der Waals surface area contributed by atoms with Crippen molar-refractivity contribution in [1.29, 1.82) is 0 Å². The Bertz CT molecular complexity index is 4000. The molecular weight excluding hydrogens is 996 g/mol. The lowest BCUT2D eigenvalue weighted by Gasteiger charge is -2.18. The van der Waals surface area contributed by atoms with Crippen LogP contribution in [0.2, 0.25) is 0 Å². The lowest BCUT2D eigenvalue weighted by atomic mass is 9.97. The Labute approximate surface area is 428 Å². The van der Waals surface area contributed by atoms with Crippen molar-refractivity contribution in [1.82, 2.24) is 19.1 Å². The molecule has 0 amide bonds. The van der Waals surface area contributed by atoms with Crippen LogP contribution in [0.25, 0.3) is 100 Å². The molecule has 0 aliphatic carbocycles. The van der Waals surface area contributed by atoms with Gasteiger partial charge >= 0.3 is 0 Å². The summed E-state index contributed by atoms with van der Waals surface area (Å²) in [7, 11) is 0. The van der Waals surface area contributed by atoms with Gasteiger partial charge in [0.2, 0.25) is 0 Å². The number of halogens is 1. The maximum absolute atomic E-state index is 5.31. The van der Waals surface area contributed by atoms with Gasteiger partial charge in [-0.05, 0) is 133 Å². The third-order valence-corrected chi connectivity index (χ3v) is 15.5. The summed E-state index contributed by atoms with van der Waals surface area (Å²) in [4.78, 5) is 29.7. The number of amidine groups is 2. The van der Waals surface area contributed by atoms with Crippen molar-refractivity contribution in [3.63, 3.8) is 0 Å². The van der Waals surface area contributed by atoms with E-state index in [0.29, 0.717) is 12.4 Å². The Morgan fingerprint density at radius 1 is 0.486 bits per heavy atom. The fraction of sp³-hybridized carbons (Fsp3) is 0.0952. The van der Waals surface area contributed by atoms with E-state index < -0.39 is 20.7 Å². The van der Waals surface area contributed by atoms with Crippen LogP contribution in [0.4, 0.5) is 0 Å². The van der Waals surface area contributed by atoms with Gasteiger partial charge in [0.25, 0.3) is 0 Å². The lowest BCUT2D eigenvalue weighted by molar-refractivity contribution is 1.06. The van der Waals surface area contributed by atoms with Gasteiger partial charge < -0.3 is 9.13 Å². The molecule has 0 fully saturated rings. The molecule has 9 heteroatoms. The molecule has 4 heterocycles. The molecule has 3 aromatic heterocycles. The third-order valence-electron chi connectivity index (χ3n) is 13.1. The van der Waals surface area contributed by atoms with E-state index in [4.69, 9.17) is 24.9 Å². The first-order chi connectivity index (χ1) is 35.2. The van der Waals surface area contributed by atoms with Crippen molar-refractivity contribution in [2.45, 2.75) is 41.2 Å². The average Bonchev–Trinajstić information content (AvgIpc) is 3.92. The molecule has 0 N–H and O–H groups in total. The van der Waals surface area contributed by atoms with Gasteiger partial charge in [0.15, 0.2) is 5.82 Å². The van der Waals surface area contributed by atoms with E-state index in [-0.39, 0.29) is 0 Å². The van der Waals surface area contributed by atoms with Crippen molar-refractivity contribution >= 4 is 89.1 Å². The molecular formula is C63H49IN8. The van der Waals surface area contributed by atoms with Gasteiger partial charge in [-0.1, -0.05) is 127 Å². The standard InChI is InChI=1S/C63H49IN8/c1-39(2)66-41(4)65-38-43-27-30-60-53(33-43)54-36-48(62-64-40(3)67-42(5)68-62)29-32-61(54)72(60)59-31-28-47(56-37-55(44-17-8-6-9-18-44)69-63(70-56)45-19-10-7-11-20-45)35-52(59)46-21-16-22-49(34-46)71-57-25-14-12-23-50(57)51-24-13-15-26-58(51)71/h6-37H,38H2,1-5H3. The number of aromatic nitrogens is 4. The van der Waals surface area contributed by atoms with Crippen molar-refractivity contribution in [3.05, 3.63) is 205 Å². The second-order valence-corrected chi connectivity index (χ2v) is 21.5. The highest BCUT2D eigenvalue weighted by molar-refractivity contribution is 14.2. The van der Waals surface area contributed by atoms with Crippen LogP contribution in [0.1, 0.15) is 45.7 Å². The zero-order chi connectivity index (χ0) is 48.9. The molecule has 1 aliphatic heterocycles. The van der Waals surface area contributed by atoms with Gasteiger partial charge in [-0.15, -0.1) is 0 Å². The Kier molecular flexibility index (Phi) is 11.7. The van der Waals surface area contributed by atoms with Gasteiger partial charge in [-0.2, -0.15) is 0 Å². The predicted molar refractivity (Wildman–Crippen MR) is 312 cm³/mol. The van der Waals surface area contributed by atoms with Crippen LogP contribution in [-0.2, 0) is 6.54 Å². The third kappa shape index (κ3) is 8.49. The summed E-state index contributed by atoms with van der Waals surface area (Å²) in [6, 6.07) is 69.6. The summed E-state index contributed by atoms with van der Waals surface area (Å²) in [6.07, 6.45) is 0. The topological polar surface area (TPSA) is 85.1 Å². The maximum Gasteiger partial charge on any atom is 0.160 e. The minimum absolute atomic E-state index is 0.496. The van der Waals surface area contributed by atoms with Crippen molar-refractivity contribution in [2.75, 3.05) is 0 Å². The van der Waals surface area contributed by atoms with E-state index in [0.717, 1.165) is 116 Å². The molecule has 0 unspecified atom stereocenters. The minimum Gasteiger partial charge on any atom is -0.309 e. The summed E-state index contributed by atoms with van der Waals surface area (Å²) < 4.78 is 7.13. The summed E-state index contributed by atoms with van der Waals surface area (Å²) >= 11 is -0.496. The lowest BCUT2D eigenvalue weighted by Crippen LogP contribution is -2.04.